The molecule has 0 spiro atoms. The van der Waals surface area contributed by atoms with E-state index < -0.39 is 10.0 Å². The molecule has 2 amide bonds. The van der Waals surface area contributed by atoms with Crippen LogP contribution >= 0.6 is 11.6 Å². The summed E-state index contributed by atoms with van der Waals surface area (Å²) in [6.07, 6.45) is 0.741. The zero-order valence-electron chi connectivity index (χ0n) is 13.3. The van der Waals surface area contributed by atoms with Gasteiger partial charge in [-0.3, -0.25) is 9.59 Å². The molecule has 1 aromatic carbocycles. The van der Waals surface area contributed by atoms with E-state index in [2.05, 4.69) is 10.0 Å². The standard InChI is InChI=1S/C15H20ClN3O4S/c1-11(20)19-9-7-13(10-19)18-15(21)6-8-17-24(22,23)14-4-2-12(16)3-5-14/h2-5,13,17H,6-10H2,1H3,(H,18,21). The Morgan fingerprint density at radius 1 is 1.29 bits per heavy atom. The number of benzene rings is 1. The van der Waals surface area contributed by atoms with E-state index in [0.717, 1.165) is 0 Å². The number of halogens is 1. The normalized spacial score (nSPS) is 17.8. The van der Waals surface area contributed by atoms with Crippen molar-refractivity contribution in [3.05, 3.63) is 29.3 Å². The molecular weight excluding hydrogens is 354 g/mol. The summed E-state index contributed by atoms with van der Waals surface area (Å²) < 4.78 is 26.5. The van der Waals surface area contributed by atoms with Gasteiger partial charge in [-0.25, -0.2) is 13.1 Å². The third kappa shape index (κ3) is 5.19. The van der Waals surface area contributed by atoms with Gasteiger partial charge in [0.25, 0.3) is 0 Å². The zero-order chi connectivity index (χ0) is 17.7. The van der Waals surface area contributed by atoms with Gasteiger partial charge in [-0.2, -0.15) is 0 Å². The van der Waals surface area contributed by atoms with Crippen LogP contribution in [0.1, 0.15) is 19.8 Å². The van der Waals surface area contributed by atoms with E-state index in [9.17, 15) is 18.0 Å². The van der Waals surface area contributed by atoms with E-state index in [1.807, 2.05) is 0 Å². The predicted octanol–water partition coefficient (Wildman–Crippen LogP) is 0.745. The summed E-state index contributed by atoms with van der Waals surface area (Å²) >= 11 is 5.73. The van der Waals surface area contributed by atoms with Gasteiger partial charge < -0.3 is 10.2 Å². The van der Waals surface area contributed by atoms with Crippen molar-refractivity contribution in [2.24, 2.45) is 0 Å². The minimum Gasteiger partial charge on any atom is -0.351 e. The molecule has 1 saturated heterocycles. The van der Waals surface area contributed by atoms with E-state index in [1.165, 1.54) is 31.2 Å². The molecule has 1 aromatic rings. The summed E-state index contributed by atoms with van der Waals surface area (Å²) in [5, 5.41) is 3.26. The fourth-order valence-corrected chi connectivity index (χ4v) is 3.62. The number of hydrogen-bond donors (Lipinski definition) is 2. The van der Waals surface area contributed by atoms with Gasteiger partial charge in [0.2, 0.25) is 21.8 Å². The van der Waals surface area contributed by atoms with Gasteiger partial charge in [0, 0.05) is 44.0 Å². The molecule has 1 atom stereocenters. The Hall–Kier alpha value is -1.64. The second kappa shape index (κ2) is 7.96. The average Bonchev–Trinajstić information content (AvgIpc) is 2.96. The van der Waals surface area contributed by atoms with Gasteiger partial charge in [-0.15, -0.1) is 0 Å². The first-order valence-corrected chi connectivity index (χ1v) is 9.44. The second-order valence-corrected chi connectivity index (χ2v) is 7.82. The quantitative estimate of drug-likeness (QED) is 0.769. The van der Waals surface area contributed by atoms with E-state index in [1.54, 1.807) is 4.90 Å². The summed E-state index contributed by atoms with van der Waals surface area (Å²) in [4.78, 5) is 24.9. The van der Waals surface area contributed by atoms with Crippen LogP contribution in [0, 0.1) is 0 Å². The maximum atomic E-state index is 12.1. The Balaban J connectivity index is 1.76. The maximum absolute atomic E-state index is 12.1. The maximum Gasteiger partial charge on any atom is 0.240 e. The van der Waals surface area contributed by atoms with Crippen molar-refractivity contribution in [1.82, 2.24) is 14.9 Å². The van der Waals surface area contributed by atoms with E-state index in [-0.39, 0.29) is 35.7 Å². The Morgan fingerprint density at radius 3 is 2.54 bits per heavy atom. The van der Waals surface area contributed by atoms with Crippen LogP contribution in [0.25, 0.3) is 0 Å². The van der Waals surface area contributed by atoms with Gasteiger partial charge in [-0.1, -0.05) is 11.6 Å². The Morgan fingerprint density at radius 2 is 1.96 bits per heavy atom. The molecule has 9 heteroatoms. The van der Waals surface area contributed by atoms with Crippen molar-refractivity contribution >= 4 is 33.4 Å². The lowest BCUT2D eigenvalue weighted by Crippen LogP contribution is -2.39. The largest absolute Gasteiger partial charge is 0.351 e. The monoisotopic (exact) mass is 373 g/mol. The highest BCUT2D eigenvalue weighted by atomic mass is 35.5. The molecule has 1 fully saturated rings. The fourth-order valence-electron chi connectivity index (χ4n) is 2.46. The number of carbonyl (C=O) groups excluding carboxylic acids is 2. The van der Waals surface area contributed by atoms with Crippen LogP contribution < -0.4 is 10.0 Å². The average molecular weight is 374 g/mol. The van der Waals surface area contributed by atoms with Gasteiger partial charge in [0.05, 0.1) is 4.90 Å². The molecule has 0 aliphatic carbocycles. The molecule has 1 unspecified atom stereocenters. The van der Waals surface area contributed by atoms with E-state index in [0.29, 0.717) is 24.5 Å². The molecule has 132 valence electrons. The summed E-state index contributed by atoms with van der Waals surface area (Å²) in [6, 6.07) is 5.71. The number of nitrogens with zero attached hydrogens (tertiary/aromatic N) is 1. The van der Waals surface area contributed by atoms with Gasteiger partial charge in [-0.05, 0) is 30.7 Å². The Labute approximate surface area is 146 Å². The Kier molecular flexibility index (Phi) is 6.20. The molecule has 2 rings (SSSR count). The highest BCUT2D eigenvalue weighted by Crippen LogP contribution is 2.13. The second-order valence-electron chi connectivity index (χ2n) is 5.62. The van der Waals surface area contributed by atoms with Crippen molar-refractivity contribution in [3.63, 3.8) is 0 Å². The van der Waals surface area contributed by atoms with Crippen molar-refractivity contribution in [2.75, 3.05) is 19.6 Å². The first-order chi connectivity index (χ1) is 11.3. The van der Waals surface area contributed by atoms with E-state index >= 15 is 0 Å². The van der Waals surface area contributed by atoms with Crippen LogP contribution in [0.4, 0.5) is 0 Å². The number of amides is 2. The van der Waals surface area contributed by atoms with Crippen LogP contribution in [0.15, 0.2) is 29.2 Å². The SMILES string of the molecule is CC(=O)N1CCC(NC(=O)CCNS(=O)(=O)c2ccc(Cl)cc2)C1. The number of rotatable bonds is 6. The van der Waals surface area contributed by atoms with Crippen LogP contribution in [0.5, 0.6) is 0 Å². The molecule has 0 radical (unpaired) electrons. The minimum atomic E-state index is -3.66. The topological polar surface area (TPSA) is 95.6 Å². The predicted molar refractivity (Wildman–Crippen MR) is 90.1 cm³/mol. The van der Waals surface area contributed by atoms with Crippen LogP contribution in [-0.4, -0.2) is 50.8 Å². The minimum absolute atomic E-state index is 0.0000638. The molecule has 0 bridgehead atoms. The fraction of sp³-hybridized carbons (Fsp3) is 0.467. The third-order valence-electron chi connectivity index (χ3n) is 3.77. The summed E-state index contributed by atoms with van der Waals surface area (Å²) in [5.74, 6) is -0.258. The number of nitrogens with one attached hydrogen (secondary N) is 2. The smallest absolute Gasteiger partial charge is 0.240 e. The van der Waals surface area contributed by atoms with Crippen molar-refractivity contribution in [1.29, 1.82) is 0 Å². The summed E-state index contributed by atoms with van der Waals surface area (Å²) in [5.41, 5.74) is 0. The lowest BCUT2D eigenvalue weighted by atomic mass is 10.2. The van der Waals surface area contributed by atoms with E-state index in [4.69, 9.17) is 11.6 Å². The van der Waals surface area contributed by atoms with Crippen molar-refractivity contribution in [3.8, 4) is 0 Å². The van der Waals surface area contributed by atoms with Crippen molar-refractivity contribution in [2.45, 2.75) is 30.7 Å². The molecule has 0 aromatic heterocycles. The van der Waals surface area contributed by atoms with Crippen LogP contribution in [-0.2, 0) is 19.6 Å². The number of likely N-dealkylation sites (tertiary alicyclic amines) is 1. The molecule has 2 N–H and O–H groups in total. The van der Waals surface area contributed by atoms with Crippen LogP contribution in [0.3, 0.4) is 0 Å². The summed E-state index contributed by atoms with van der Waals surface area (Å²) in [6.45, 7) is 2.62. The number of sulfonamides is 1. The Bertz CT molecular complexity index is 706. The lowest BCUT2D eigenvalue weighted by molar-refractivity contribution is -0.128. The number of hydrogen-bond acceptors (Lipinski definition) is 4. The van der Waals surface area contributed by atoms with Crippen molar-refractivity contribution < 1.29 is 18.0 Å². The molecule has 1 aliphatic heterocycles. The molecule has 24 heavy (non-hydrogen) atoms. The van der Waals surface area contributed by atoms with Crippen LogP contribution in [0.2, 0.25) is 5.02 Å². The lowest BCUT2D eigenvalue weighted by Gasteiger charge is -2.15. The molecule has 0 saturated carbocycles. The molecular formula is C15H20ClN3O4S. The van der Waals surface area contributed by atoms with Gasteiger partial charge >= 0.3 is 0 Å². The first-order valence-electron chi connectivity index (χ1n) is 7.58. The third-order valence-corrected chi connectivity index (χ3v) is 5.50. The first kappa shape index (κ1) is 18.7. The number of carbonyl (C=O) groups is 2. The highest BCUT2D eigenvalue weighted by Gasteiger charge is 2.25. The molecule has 1 heterocycles. The summed E-state index contributed by atoms with van der Waals surface area (Å²) in [7, 11) is -3.66. The zero-order valence-corrected chi connectivity index (χ0v) is 14.9. The molecule has 1 aliphatic rings. The molecule has 7 nitrogen and oxygen atoms in total. The van der Waals surface area contributed by atoms with Gasteiger partial charge in [0.15, 0.2) is 0 Å². The van der Waals surface area contributed by atoms with Gasteiger partial charge in [0.1, 0.15) is 0 Å². The highest BCUT2D eigenvalue weighted by molar-refractivity contribution is 7.89.